The van der Waals surface area contributed by atoms with Gasteiger partial charge in [-0.05, 0) is 18.6 Å². The third-order valence-electron chi connectivity index (χ3n) is 2.59. The highest BCUT2D eigenvalue weighted by atomic mass is 16.2. The van der Waals surface area contributed by atoms with Gasteiger partial charge >= 0.3 is 0 Å². The SMILES string of the molecule is CCC(C)C(=O)n1nnc2ccccc21. The molecule has 1 aromatic carbocycles. The Balaban J connectivity index is 2.48. The maximum absolute atomic E-state index is 11.9. The molecule has 0 radical (unpaired) electrons. The van der Waals surface area contributed by atoms with Crippen molar-refractivity contribution in [2.24, 2.45) is 5.92 Å². The molecule has 78 valence electrons. The Hall–Kier alpha value is -1.71. The molecule has 2 rings (SSSR count). The van der Waals surface area contributed by atoms with Crippen molar-refractivity contribution in [1.29, 1.82) is 0 Å². The lowest BCUT2D eigenvalue weighted by Gasteiger charge is -2.06. The molecule has 1 atom stereocenters. The predicted molar refractivity (Wildman–Crippen MR) is 57.6 cm³/mol. The Morgan fingerprint density at radius 3 is 2.93 bits per heavy atom. The van der Waals surface area contributed by atoms with Crippen molar-refractivity contribution in [1.82, 2.24) is 15.0 Å². The molecule has 0 fully saturated rings. The van der Waals surface area contributed by atoms with E-state index in [4.69, 9.17) is 0 Å². The molecule has 1 heterocycles. The van der Waals surface area contributed by atoms with Gasteiger partial charge in [0, 0.05) is 5.92 Å². The van der Waals surface area contributed by atoms with Crippen LogP contribution in [0.1, 0.15) is 25.1 Å². The number of carbonyl (C=O) groups excluding carboxylic acids is 1. The van der Waals surface area contributed by atoms with Crippen LogP contribution < -0.4 is 0 Å². The lowest BCUT2D eigenvalue weighted by Crippen LogP contribution is -2.19. The number of fused-ring (bicyclic) bond motifs is 1. The summed E-state index contributed by atoms with van der Waals surface area (Å²) in [5.74, 6) is -0.0127. The predicted octanol–water partition coefficient (Wildman–Crippen LogP) is 2.12. The van der Waals surface area contributed by atoms with Crippen LogP contribution in [0.3, 0.4) is 0 Å². The Bertz CT molecular complexity index is 489. The Morgan fingerprint density at radius 1 is 1.47 bits per heavy atom. The maximum Gasteiger partial charge on any atom is 0.251 e. The topological polar surface area (TPSA) is 47.8 Å². The van der Waals surface area contributed by atoms with Crippen LogP contribution in [0.4, 0.5) is 0 Å². The lowest BCUT2D eigenvalue weighted by molar-refractivity contribution is 0.0828. The summed E-state index contributed by atoms with van der Waals surface area (Å²) in [5, 5.41) is 7.83. The normalized spacial score (nSPS) is 12.9. The molecular formula is C11H13N3O. The lowest BCUT2D eigenvalue weighted by atomic mass is 10.1. The van der Waals surface area contributed by atoms with Gasteiger partial charge in [0.2, 0.25) is 0 Å². The zero-order valence-electron chi connectivity index (χ0n) is 8.84. The monoisotopic (exact) mass is 203 g/mol. The number of benzene rings is 1. The molecular weight excluding hydrogens is 190 g/mol. The fourth-order valence-electron chi connectivity index (χ4n) is 1.42. The van der Waals surface area contributed by atoms with Gasteiger partial charge in [-0.25, -0.2) is 0 Å². The molecule has 4 heteroatoms. The third kappa shape index (κ3) is 1.63. The van der Waals surface area contributed by atoms with Crippen molar-refractivity contribution < 1.29 is 4.79 Å². The molecule has 0 spiro atoms. The van der Waals surface area contributed by atoms with Crippen molar-refractivity contribution in [2.75, 3.05) is 0 Å². The number of carbonyl (C=O) groups is 1. The van der Waals surface area contributed by atoms with Crippen molar-refractivity contribution in [3.8, 4) is 0 Å². The van der Waals surface area contributed by atoms with Gasteiger partial charge in [0.05, 0.1) is 5.52 Å². The van der Waals surface area contributed by atoms with E-state index in [0.717, 1.165) is 17.5 Å². The van der Waals surface area contributed by atoms with Crippen LogP contribution in [-0.4, -0.2) is 20.9 Å². The molecule has 0 saturated heterocycles. The molecule has 1 unspecified atom stereocenters. The molecule has 0 saturated carbocycles. The van der Waals surface area contributed by atoms with E-state index in [1.807, 2.05) is 38.1 Å². The average molecular weight is 203 g/mol. The summed E-state index contributed by atoms with van der Waals surface area (Å²) in [7, 11) is 0. The minimum absolute atomic E-state index is 0.00574. The molecule has 0 N–H and O–H groups in total. The Kier molecular flexibility index (Phi) is 2.49. The molecule has 0 aliphatic heterocycles. The van der Waals surface area contributed by atoms with E-state index < -0.39 is 0 Å². The van der Waals surface area contributed by atoms with Crippen molar-refractivity contribution in [2.45, 2.75) is 20.3 Å². The van der Waals surface area contributed by atoms with Crippen molar-refractivity contribution in [3.63, 3.8) is 0 Å². The Morgan fingerprint density at radius 2 is 2.20 bits per heavy atom. The summed E-state index contributed by atoms with van der Waals surface area (Å²) in [6.07, 6.45) is 0.813. The second-order valence-corrected chi connectivity index (χ2v) is 3.64. The smallest absolute Gasteiger partial charge is 0.251 e. The summed E-state index contributed by atoms with van der Waals surface area (Å²) >= 11 is 0. The van der Waals surface area contributed by atoms with E-state index in [9.17, 15) is 4.79 Å². The second kappa shape index (κ2) is 3.81. The third-order valence-corrected chi connectivity index (χ3v) is 2.59. The second-order valence-electron chi connectivity index (χ2n) is 3.64. The molecule has 0 aliphatic rings. The first-order valence-corrected chi connectivity index (χ1v) is 5.08. The van der Waals surface area contributed by atoms with E-state index in [1.54, 1.807) is 0 Å². The molecule has 2 aromatic rings. The molecule has 0 amide bonds. The molecule has 0 aliphatic carbocycles. The average Bonchev–Trinajstić information content (AvgIpc) is 2.70. The van der Waals surface area contributed by atoms with Crippen LogP contribution in [0, 0.1) is 5.92 Å². The maximum atomic E-state index is 11.9. The van der Waals surface area contributed by atoms with E-state index in [0.29, 0.717) is 0 Å². The van der Waals surface area contributed by atoms with Gasteiger partial charge in [-0.3, -0.25) is 4.79 Å². The van der Waals surface area contributed by atoms with Gasteiger partial charge in [0.15, 0.2) is 0 Å². The highest BCUT2D eigenvalue weighted by Gasteiger charge is 2.16. The zero-order valence-corrected chi connectivity index (χ0v) is 8.84. The quantitative estimate of drug-likeness (QED) is 0.751. The number of nitrogens with zero attached hydrogens (tertiary/aromatic N) is 3. The summed E-state index contributed by atoms with van der Waals surface area (Å²) in [6, 6.07) is 7.47. The molecule has 1 aromatic heterocycles. The van der Waals surface area contributed by atoms with Crippen LogP contribution in [-0.2, 0) is 0 Å². The molecule has 15 heavy (non-hydrogen) atoms. The van der Waals surface area contributed by atoms with Crippen molar-refractivity contribution in [3.05, 3.63) is 24.3 Å². The first-order chi connectivity index (χ1) is 7.24. The number of hydrogen-bond donors (Lipinski definition) is 0. The molecule has 4 nitrogen and oxygen atoms in total. The highest BCUT2D eigenvalue weighted by Crippen LogP contribution is 2.12. The zero-order chi connectivity index (χ0) is 10.8. The minimum atomic E-state index is -0.0184. The summed E-state index contributed by atoms with van der Waals surface area (Å²) in [4.78, 5) is 11.9. The highest BCUT2D eigenvalue weighted by molar-refractivity contribution is 5.89. The van der Waals surface area contributed by atoms with Crippen LogP contribution in [0.15, 0.2) is 24.3 Å². The fraction of sp³-hybridized carbons (Fsp3) is 0.364. The minimum Gasteiger partial charge on any atom is -0.272 e. The van der Waals surface area contributed by atoms with Crippen LogP contribution >= 0.6 is 0 Å². The first kappa shape index (κ1) is 9.83. The van der Waals surface area contributed by atoms with Crippen LogP contribution in [0.5, 0.6) is 0 Å². The largest absolute Gasteiger partial charge is 0.272 e. The van der Waals surface area contributed by atoms with Gasteiger partial charge in [-0.15, -0.1) is 5.10 Å². The van der Waals surface area contributed by atoms with Gasteiger partial charge in [-0.2, -0.15) is 4.68 Å². The number of para-hydroxylation sites is 1. The number of hydrogen-bond acceptors (Lipinski definition) is 3. The number of aromatic nitrogens is 3. The number of rotatable bonds is 2. The van der Waals surface area contributed by atoms with Gasteiger partial charge in [0.25, 0.3) is 5.91 Å². The van der Waals surface area contributed by atoms with E-state index >= 15 is 0 Å². The van der Waals surface area contributed by atoms with Crippen molar-refractivity contribution >= 4 is 16.9 Å². The summed E-state index contributed by atoms with van der Waals surface area (Å²) < 4.78 is 1.39. The van der Waals surface area contributed by atoms with E-state index in [-0.39, 0.29) is 11.8 Å². The van der Waals surface area contributed by atoms with Gasteiger partial charge < -0.3 is 0 Å². The summed E-state index contributed by atoms with van der Waals surface area (Å²) in [6.45, 7) is 3.89. The van der Waals surface area contributed by atoms with Crippen LogP contribution in [0.2, 0.25) is 0 Å². The van der Waals surface area contributed by atoms with Gasteiger partial charge in [-0.1, -0.05) is 31.2 Å². The standard InChI is InChI=1S/C11H13N3O/c1-3-8(2)11(15)14-10-7-5-4-6-9(10)12-13-14/h4-8H,3H2,1-2H3. The van der Waals surface area contributed by atoms with Gasteiger partial charge in [0.1, 0.15) is 5.52 Å². The van der Waals surface area contributed by atoms with E-state index in [2.05, 4.69) is 10.3 Å². The first-order valence-electron chi connectivity index (χ1n) is 5.08. The summed E-state index contributed by atoms with van der Waals surface area (Å²) in [5.41, 5.74) is 1.54. The fourth-order valence-corrected chi connectivity index (χ4v) is 1.42. The van der Waals surface area contributed by atoms with E-state index in [1.165, 1.54) is 4.68 Å². The van der Waals surface area contributed by atoms with Crippen LogP contribution in [0.25, 0.3) is 11.0 Å². The Labute approximate surface area is 87.9 Å². The molecule has 0 bridgehead atoms.